The van der Waals surface area contributed by atoms with Gasteiger partial charge in [0, 0.05) is 24.0 Å². The third-order valence-corrected chi connectivity index (χ3v) is 3.29. The third-order valence-electron chi connectivity index (χ3n) is 3.29. The van der Waals surface area contributed by atoms with Gasteiger partial charge < -0.3 is 16.0 Å². The number of alkyl halides is 3. The van der Waals surface area contributed by atoms with Crippen molar-refractivity contribution in [3.63, 3.8) is 0 Å². The maximum Gasteiger partial charge on any atom is 0.396 e. The highest BCUT2D eigenvalue weighted by Gasteiger charge is 2.45. The number of benzene rings is 1. The van der Waals surface area contributed by atoms with Crippen molar-refractivity contribution in [2.24, 2.45) is 11.7 Å². The van der Waals surface area contributed by atoms with Gasteiger partial charge in [0.15, 0.2) is 0 Å². The van der Waals surface area contributed by atoms with Gasteiger partial charge in [-0.2, -0.15) is 13.2 Å². The van der Waals surface area contributed by atoms with Crippen molar-refractivity contribution in [2.75, 3.05) is 11.9 Å². The molecule has 1 aliphatic rings. The molecule has 0 fully saturated rings. The van der Waals surface area contributed by atoms with Crippen LogP contribution in [-0.4, -0.2) is 29.6 Å². The summed E-state index contributed by atoms with van der Waals surface area (Å²) in [6.45, 7) is -0.153. The SMILES string of the molecule is NC(=O)C1=CN(C(=O)Nc2ccccc2)CC[C@H]1C(F)(F)F. The summed E-state index contributed by atoms with van der Waals surface area (Å²) >= 11 is 0. The van der Waals surface area contributed by atoms with Gasteiger partial charge in [0.2, 0.25) is 5.91 Å². The molecule has 3 amide bonds. The quantitative estimate of drug-likeness (QED) is 0.880. The lowest BCUT2D eigenvalue weighted by Crippen LogP contribution is -2.42. The lowest BCUT2D eigenvalue weighted by Gasteiger charge is -2.31. The van der Waals surface area contributed by atoms with E-state index in [1.807, 2.05) is 0 Å². The molecule has 118 valence electrons. The van der Waals surface area contributed by atoms with Crippen LogP contribution in [0.2, 0.25) is 0 Å². The molecular weight excluding hydrogens is 299 g/mol. The zero-order chi connectivity index (χ0) is 16.3. The number of rotatable bonds is 2. The lowest BCUT2D eigenvalue weighted by molar-refractivity contribution is -0.169. The molecule has 0 bridgehead atoms. The van der Waals surface area contributed by atoms with E-state index in [4.69, 9.17) is 5.73 Å². The van der Waals surface area contributed by atoms with Crippen LogP contribution in [0, 0.1) is 5.92 Å². The Bertz CT molecular complexity index is 599. The number of hydrogen-bond donors (Lipinski definition) is 2. The van der Waals surface area contributed by atoms with Crippen LogP contribution in [0.3, 0.4) is 0 Å². The van der Waals surface area contributed by atoms with E-state index in [1.54, 1.807) is 30.3 Å². The van der Waals surface area contributed by atoms with Crippen LogP contribution in [0.5, 0.6) is 0 Å². The Morgan fingerprint density at radius 1 is 1.23 bits per heavy atom. The summed E-state index contributed by atoms with van der Waals surface area (Å²) in [5, 5.41) is 2.53. The molecule has 0 spiro atoms. The minimum absolute atomic E-state index is 0.153. The molecule has 1 aliphatic heterocycles. The molecule has 8 heteroatoms. The summed E-state index contributed by atoms with van der Waals surface area (Å²) in [6, 6.07) is 7.82. The molecule has 0 radical (unpaired) electrons. The molecule has 3 N–H and O–H groups in total. The molecule has 0 saturated carbocycles. The molecular formula is C14H14F3N3O2. The number of carbonyl (C=O) groups is 2. The van der Waals surface area contributed by atoms with Crippen LogP contribution in [0.25, 0.3) is 0 Å². The fourth-order valence-electron chi connectivity index (χ4n) is 2.20. The average Bonchev–Trinajstić information content (AvgIpc) is 2.46. The fourth-order valence-corrected chi connectivity index (χ4v) is 2.20. The normalized spacial score (nSPS) is 18.6. The van der Waals surface area contributed by atoms with Crippen LogP contribution in [0.4, 0.5) is 23.7 Å². The standard InChI is InChI=1S/C14H14F3N3O2/c15-14(16,17)11-6-7-20(8-10(11)12(18)21)13(22)19-9-4-2-1-3-5-9/h1-5,8,11H,6-7H2,(H2,18,21)(H,19,22)/t11-/m1/s1. The molecule has 0 aliphatic carbocycles. The van der Waals surface area contributed by atoms with Crippen molar-refractivity contribution in [3.05, 3.63) is 42.1 Å². The molecule has 0 saturated heterocycles. The highest BCUT2D eigenvalue weighted by Crippen LogP contribution is 2.37. The smallest absolute Gasteiger partial charge is 0.366 e. The zero-order valence-electron chi connectivity index (χ0n) is 11.4. The van der Waals surface area contributed by atoms with E-state index in [0.29, 0.717) is 5.69 Å². The number of anilines is 1. The van der Waals surface area contributed by atoms with E-state index < -0.39 is 36.0 Å². The molecule has 1 aromatic rings. The minimum Gasteiger partial charge on any atom is -0.366 e. The van der Waals surface area contributed by atoms with Crippen LogP contribution in [0.1, 0.15) is 6.42 Å². The van der Waals surface area contributed by atoms with E-state index in [2.05, 4.69) is 5.32 Å². The van der Waals surface area contributed by atoms with Crippen LogP contribution in [0.15, 0.2) is 42.1 Å². The number of hydrogen-bond acceptors (Lipinski definition) is 2. The molecule has 22 heavy (non-hydrogen) atoms. The Kier molecular flexibility index (Phi) is 4.39. The van der Waals surface area contributed by atoms with Crippen LogP contribution < -0.4 is 11.1 Å². The first-order valence-corrected chi connectivity index (χ1v) is 6.50. The number of amides is 3. The molecule has 0 unspecified atom stereocenters. The molecule has 1 heterocycles. The summed E-state index contributed by atoms with van der Waals surface area (Å²) in [5.41, 5.74) is 4.89. The summed E-state index contributed by atoms with van der Waals surface area (Å²) in [7, 11) is 0. The number of primary amides is 1. The monoisotopic (exact) mass is 313 g/mol. The third kappa shape index (κ3) is 3.57. The molecule has 1 aromatic carbocycles. The predicted octanol–water partition coefficient (Wildman–Crippen LogP) is 2.47. The van der Waals surface area contributed by atoms with Crippen molar-refractivity contribution in [1.82, 2.24) is 4.90 Å². The van der Waals surface area contributed by atoms with Crippen molar-refractivity contribution >= 4 is 17.6 Å². The number of nitrogens with two attached hydrogens (primary N) is 1. The highest BCUT2D eigenvalue weighted by atomic mass is 19.4. The second-order valence-electron chi connectivity index (χ2n) is 4.82. The summed E-state index contributed by atoms with van der Waals surface area (Å²) in [5.74, 6) is -3.12. The second kappa shape index (κ2) is 6.08. The number of nitrogens with zero attached hydrogens (tertiary/aromatic N) is 1. The second-order valence-corrected chi connectivity index (χ2v) is 4.82. The summed E-state index contributed by atoms with van der Waals surface area (Å²) < 4.78 is 38.6. The summed E-state index contributed by atoms with van der Waals surface area (Å²) in [4.78, 5) is 24.3. The lowest BCUT2D eigenvalue weighted by atomic mass is 9.92. The highest BCUT2D eigenvalue weighted by molar-refractivity contribution is 5.95. The number of halogens is 3. The van der Waals surface area contributed by atoms with Crippen LogP contribution >= 0.6 is 0 Å². The van der Waals surface area contributed by atoms with Crippen molar-refractivity contribution in [1.29, 1.82) is 0 Å². The number of para-hydroxylation sites is 1. The Morgan fingerprint density at radius 2 is 1.86 bits per heavy atom. The van der Waals surface area contributed by atoms with Gasteiger partial charge in [0.25, 0.3) is 0 Å². The van der Waals surface area contributed by atoms with Gasteiger partial charge in [-0.25, -0.2) is 4.79 Å². The first kappa shape index (κ1) is 15.9. The Labute approximate surface area is 124 Å². The van der Waals surface area contributed by atoms with Crippen molar-refractivity contribution in [3.8, 4) is 0 Å². The Balaban J connectivity index is 2.18. The van der Waals surface area contributed by atoms with E-state index in [-0.39, 0.29) is 6.54 Å². The van der Waals surface area contributed by atoms with Crippen molar-refractivity contribution in [2.45, 2.75) is 12.6 Å². The van der Waals surface area contributed by atoms with E-state index >= 15 is 0 Å². The fraction of sp³-hybridized carbons (Fsp3) is 0.286. The topological polar surface area (TPSA) is 75.4 Å². The van der Waals surface area contributed by atoms with E-state index in [1.165, 1.54) is 0 Å². The predicted molar refractivity (Wildman–Crippen MR) is 73.6 cm³/mol. The van der Waals surface area contributed by atoms with Gasteiger partial charge in [0.05, 0.1) is 5.92 Å². The van der Waals surface area contributed by atoms with Gasteiger partial charge in [-0.1, -0.05) is 18.2 Å². The molecule has 0 aromatic heterocycles. The molecule has 5 nitrogen and oxygen atoms in total. The minimum atomic E-state index is -4.57. The molecule has 1 atom stereocenters. The Morgan fingerprint density at radius 3 is 2.41 bits per heavy atom. The van der Waals surface area contributed by atoms with Crippen LogP contribution in [-0.2, 0) is 4.79 Å². The Hall–Kier alpha value is -2.51. The number of carbonyl (C=O) groups excluding carboxylic acids is 2. The maximum atomic E-state index is 12.9. The van der Waals surface area contributed by atoms with E-state index in [0.717, 1.165) is 11.1 Å². The van der Waals surface area contributed by atoms with Gasteiger partial charge in [0.1, 0.15) is 0 Å². The molecule has 2 rings (SSSR count). The van der Waals surface area contributed by atoms with Crippen molar-refractivity contribution < 1.29 is 22.8 Å². The zero-order valence-corrected chi connectivity index (χ0v) is 11.4. The first-order chi connectivity index (χ1) is 10.3. The number of nitrogens with one attached hydrogen (secondary N) is 1. The van der Waals surface area contributed by atoms with E-state index in [9.17, 15) is 22.8 Å². The first-order valence-electron chi connectivity index (χ1n) is 6.50. The average molecular weight is 313 g/mol. The number of urea groups is 1. The maximum absolute atomic E-state index is 12.9. The van der Waals surface area contributed by atoms with Gasteiger partial charge in [-0.3, -0.25) is 4.79 Å². The largest absolute Gasteiger partial charge is 0.396 e. The summed E-state index contributed by atoms with van der Waals surface area (Å²) in [6.07, 6.45) is -4.09. The van der Waals surface area contributed by atoms with Gasteiger partial charge in [-0.05, 0) is 18.6 Å². The van der Waals surface area contributed by atoms with Gasteiger partial charge >= 0.3 is 12.2 Å². The van der Waals surface area contributed by atoms with Gasteiger partial charge in [-0.15, -0.1) is 0 Å².